The lowest BCUT2D eigenvalue weighted by molar-refractivity contribution is -0.186. The highest BCUT2D eigenvalue weighted by Gasteiger charge is 2.81. The van der Waals surface area contributed by atoms with Crippen molar-refractivity contribution in [1.82, 2.24) is 0 Å². The van der Waals surface area contributed by atoms with Crippen molar-refractivity contribution in [3.63, 3.8) is 0 Å². The molecule has 6 rings (SSSR count). The Labute approximate surface area is 171 Å². The normalized spacial score (nSPS) is 55.4. The minimum absolute atomic E-state index is 0.0891. The van der Waals surface area contributed by atoms with Gasteiger partial charge in [0.1, 0.15) is 5.60 Å². The van der Waals surface area contributed by atoms with E-state index in [0.29, 0.717) is 11.8 Å². The Morgan fingerprint density at radius 2 is 1.93 bits per heavy atom. The summed E-state index contributed by atoms with van der Waals surface area (Å²) in [4.78, 5) is 11.5. The quantitative estimate of drug-likeness (QED) is 0.707. The zero-order chi connectivity index (χ0) is 20.2. The molecule has 0 radical (unpaired) electrons. The lowest BCUT2D eigenvalue weighted by Gasteiger charge is -2.62. The van der Waals surface area contributed by atoms with E-state index >= 15 is 0 Å². The highest BCUT2D eigenvalue weighted by atomic mass is 16.6. The van der Waals surface area contributed by atoms with Crippen molar-refractivity contribution in [2.75, 3.05) is 0 Å². The molecule has 1 aromatic rings. The molecule has 5 aliphatic rings. The van der Waals surface area contributed by atoms with Gasteiger partial charge in [0.25, 0.3) is 0 Å². The summed E-state index contributed by atoms with van der Waals surface area (Å²) in [5, 5.41) is 21.8. The van der Waals surface area contributed by atoms with Crippen LogP contribution in [0.4, 0.5) is 0 Å². The van der Waals surface area contributed by atoms with Gasteiger partial charge in [-0.05, 0) is 85.7 Å². The van der Waals surface area contributed by atoms with Gasteiger partial charge < -0.3 is 19.4 Å². The first-order valence-electron chi connectivity index (χ1n) is 11.4. The van der Waals surface area contributed by atoms with Gasteiger partial charge in [-0.2, -0.15) is 0 Å². The van der Waals surface area contributed by atoms with E-state index in [1.165, 1.54) is 6.07 Å². The minimum Gasteiger partial charge on any atom is -0.431 e. The van der Waals surface area contributed by atoms with Crippen LogP contribution < -0.4 is 5.63 Å². The van der Waals surface area contributed by atoms with E-state index in [2.05, 4.69) is 13.8 Å². The summed E-state index contributed by atoms with van der Waals surface area (Å²) >= 11 is 0. The average Bonchev–Trinajstić information content (AvgIpc) is 3.35. The van der Waals surface area contributed by atoms with Gasteiger partial charge in [-0.25, -0.2) is 4.79 Å². The molecular formula is C24H32O5. The molecule has 4 saturated carbocycles. The number of hydrogen-bond donors (Lipinski definition) is 2. The molecule has 1 spiro atoms. The molecule has 10 unspecified atom stereocenters. The number of aliphatic hydroxyl groups excluding tert-OH is 2. The molecule has 0 bridgehead atoms. The van der Waals surface area contributed by atoms with Gasteiger partial charge in [0.2, 0.25) is 0 Å². The summed E-state index contributed by atoms with van der Waals surface area (Å²) < 4.78 is 11.7. The highest BCUT2D eigenvalue weighted by Crippen LogP contribution is 2.77. The second kappa shape index (κ2) is 5.74. The van der Waals surface area contributed by atoms with Crippen LogP contribution in [0, 0.1) is 28.6 Å². The second-order valence-corrected chi connectivity index (χ2v) is 11.1. The maximum Gasteiger partial charge on any atom is 0.335 e. The maximum absolute atomic E-state index is 11.5. The molecule has 0 amide bonds. The predicted molar refractivity (Wildman–Crippen MR) is 106 cm³/mol. The fourth-order valence-electron chi connectivity index (χ4n) is 8.85. The zero-order valence-electron chi connectivity index (χ0n) is 17.3. The monoisotopic (exact) mass is 400 g/mol. The van der Waals surface area contributed by atoms with Crippen molar-refractivity contribution >= 4 is 0 Å². The highest BCUT2D eigenvalue weighted by molar-refractivity contribution is 5.35. The third-order valence-electron chi connectivity index (χ3n) is 10.1. The van der Waals surface area contributed by atoms with E-state index in [4.69, 9.17) is 9.15 Å². The van der Waals surface area contributed by atoms with Crippen molar-refractivity contribution in [1.29, 1.82) is 0 Å². The molecule has 10 atom stereocenters. The SMILES string of the molecule is CC12CCC(O)CC1CCC1C2C(O)CC2(C)C(c3ccc(=O)oc3)CC3OC312. The number of rotatable bonds is 1. The van der Waals surface area contributed by atoms with Crippen LogP contribution in [0.2, 0.25) is 0 Å². The van der Waals surface area contributed by atoms with Gasteiger partial charge in [0.15, 0.2) is 0 Å². The fraction of sp³-hybridized carbons (Fsp3) is 0.792. The van der Waals surface area contributed by atoms with Crippen LogP contribution >= 0.6 is 0 Å². The number of epoxide rings is 1. The summed E-state index contributed by atoms with van der Waals surface area (Å²) in [5.41, 5.74) is 0.541. The molecule has 2 heterocycles. The Hall–Kier alpha value is -1.17. The molecule has 1 aliphatic heterocycles. The number of fused-ring (bicyclic) bond motifs is 3. The molecule has 1 aromatic heterocycles. The van der Waals surface area contributed by atoms with E-state index in [1.807, 2.05) is 6.07 Å². The summed E-state index contributed by atoms with van der Waals surface area (Å²) in [6.07, 6.45) is 7.96. The summed E-state index contributed by atoms with van der Waals surface area (Å²) in [7, 11) is 0. The van der Waals surface area contributed by atoms with Gasteiger partial charge >= 0.3 is 5.63 Å². The van der Waals surface area contributed by atoms with Crippen LogP contribution in [0.1, 0.15) is 70.3 Å². The van der Waals surface area contributed by atoms with Crippen molar-refractivity contribution in [2.45, 2.75) is 88.6 Å². The van der Waals surface area contributed by atoms with Gasteiger partial charge in [0.05, 0.1) is 24.6 Å². The van der Waals surface area contributed by atoms with Crippen molar-refractivity contribution in [2.24, 2.45) is 28.6 Å². The van der Waals surface area contributed by atoms with Gasteiger partial charge in [-0.15, -0.1) is 0 Å². The average molecular weight is 401 g/mol. The number of hydrogen-bond acceptors (Lipinski definition) is 5. The molecule has 5 heteroatoms. The fourth-order valence-corrected chi connectivity index (χ4v) is 8.85. The third kappa shape index (κ3) is 2.19. The second-order valence-electron chi connectivity index (χ2n) is 11.1. The lowest BCUT2D eigenvalue weighted by atomic mass is 9.43. The minimum atomic E-state index is -0.347. The van der Waals surface area contributed by atoms with Crippen LogP contribution in [0.3, 0.4) is 0 Å². The van der Waals surface area contributed by atoms with E-state index in [9.17, 15) is 15.0 Å². The predicted octanol–water partition coefficient (Wildman–Crippen LogP) is 3.23. The summed E-state index contributed by atoms with van der Waals surface area (Å²) in [6.45, 7) is 4.67. The van der Waals surface area contributed by atoms with Gasteiger partial charge in [0, 0.05) is 11.5 Å². The molecule has 158 valence electrons. The van der Waals surface area contributed by atoms with E-state index in [1.54, 1.807) is 6.26 Å². The van der Waals surface area contributed by atoms with E-state index in [0.717, 1.165) is 50.5 Å². The van der Waals surface area contributed by atoms with Crippen LogP contribution in [0.15, 0.2) is 27.6 Å². The smallest absolute Gasteiger partial charge is 0.335 e. The first-order valence-corrected chi connectivity index (χ1v) is 11.4. The molecule has 29 heavy (non-hydrogen) atoms. The molecule has 1 saturated heterocycles. The number of ether oxygens (including phenoxy) is 1. The number of aliphatic hydroxyl groups is 2. The van der Waals surface area contributed by atoms with Crippen molar-refractivity contribution in [3.8, 4) is 0 Å². The molecular weight excluding hydrogens is 368 g/mol. The Balaban J connectivity index is 1.39. The van der Waals surface area contributed by atoms with E-state index < -0.39 is 0 Å². The standard InChI is InChI=1S/C24H32O5/c1-22-8-7-15(25)9-14(22)4-5-16-21(22)18(26)11-23(2)17(10-19-24(16,23)29-19)13-3-6-20(27)28-12-13/h3,6,12,14-19,21,25-26H,4-5,7-11H2,1-2H3. The van der Waals surface area contributed by atoms with Crippen molar-refractivity contribution < 1.29 is 19.4 Å². The lowest BCUT2D eigenvalue weighted by Crippen LogP contribution is -2.63. The topological polar surface area (TPSA) is 83.2 Å². The van der Waals surface area contributed by atoms with Crippen LogP contribution in [-0.2, 0) is 4.74 Å². The zero-order valence-corrected chi connectivity index (χ0v) is 17.3. The first-order chi connectivity index (χ1) is 13.8. The summed E-state index contributed by atoms with van der Waals surface area (Å²) in [5.74, 6) is 1.37. The largest absolute Gasteiger partial charge is 0.431 e. The van der Waals surface area contributed by atoms with Crippen molar-refractivity contribution in [3.05, 3.63) is 34.4 Å². The van der Waals surface area contributed by atoms with E-state index in [-0.39, 0.29) is 52.2 Å². The van der Waals surface area contributed by atoms with Crippen LogP contribution in [0.25, 0.3) is 0 Å². The molecule has 5 nitrogen and oxygen atoms in total. The Morgan fingerprint density at radius 1 is 1.10 bits per heavy atom. The van der Waals surface area contributed by atoms with Gasteiger partial charge in [-0.3, -0.25) is 0 Å². The molecule has 5 fully saturated rings. The molecule has 2 N–H and O–H groups in total. The Morgan fingerprint density at radius 3 is 2.69 bits per heavy atom. The Kier molecular flexibility index (Phi) is 3.68. The summed E-state index contributed by atoms with van der Waals surface area (Å²) in [6, 6.07) is 3.41. The van der Waals surface area contributed by atoms with Crippen LogP contribution in [-0.4, -0.2) is 34.1 Å². The van der Waals surface area contributed by atoms with Crippen LogP contribution in [0.5, 0.6) is 0 Å². The Bertz CT molecular complexity index is 875. The maximum atomic E-state index is 11.5. The molecule has 0 aromatic carbocycles. The van der Waals surface area contributed by atoms with Gasteiger partial charge in [-0.1, -0.05) is 13.8 Å². The first kappa shape index (κ1) is 18.6. The third-order valence-corrected chi connectivity index (χ3v) is 10.1. The molecule has 4 aliphatic carbocycles.